The number of nitrogens with two attached hydrogens (primary N) is 1. The number of pyridine rings is 1. The summed E-state index contributed by atoms with van der Waals surface area (Å²) in [7, 11) is 1.96. The molecule has 0 saturated heterocycles. The molecular formula is C12H16N6. The number of nitrogen functional groups attached to an aromatic ring is 1. The van der Waals surface area contributed by atoms with E-state index in [2.05, 4.69) is 20.4 Å². The summed E-state index contributed by atoms with van der Waals surface area (Å²) in [4.78, 5) is 14.8. The van der Waals surface area contributed by atoms with E-state index in [-0.39, 0.29) is 0 Å². The Kier molecular flexibility index (Phi) is 3.69. The van der Waals surface area contributed by atoms with Gasteiger partial charge in [0, 0.05) is 19.3 Å². The van der Waals surface area contributed by atoms with E-state index in [0.29, 0.717) is 18.2 Å². The fraction of sp³-hybridized carbons (Fsp3) is 0.250. The average molecular weight is 244 g/mol. The van der Waals surface area contributed by atoms with E-state index in [4.69, 9.17) is 5.84 Å². The number of hydrogen-bond acceptors (Lipinski definition) is 6. The number of aromatic nitrogens is 3. The highest BCUT2D eigenvalue weighted by atomic mass is 15.3. The van der Waals surface area contributed by atoms with Crippen LogP contribution in [0.15, 0.2) is 30.5 Å². The van der Waals surface area contributed by atoms with Gasteiger partial charge in [0.25, 0.3) is 0 Å². The lowest BCUT2D eigenvalue weighted by molar-refractivity contribution is 0.853. The monoisotopic (exact) mass is 244 g/mol. The minimum atomic E-state index is 0.602. The van der Waals surface area contributed by atoms with Crippen LogP contribution in [-0.2, 0) is 6.54 Å². The molecule has 18 heavy (non-hydrogen) atoms. The van der Waals surface area contributed by atoms with Crippen LogP contribution in [0.1, 0.15) is 11.5 Å². The van der Waals surface area contributed by atoms with Crippen LogP contribution in [0.5, 0.6) is 0 Å². The first-order valence-electron chi connectivity index (χ1n) is 5.62. The maximum Gasteiger partial charge on any atom is 0.145 e. The Morgan fingerprint density at radius 1 is 1.33 bits per heavy atom. The lowest BCUT2D eigenvalue weighted by Crippen LogP contribution is -2.20. The number of rotatable bonds is 4. The molecule has 6 heteroatoms. The summed E-state index contributed by atoms with van der Waals surface area (Å²) in [6, 6.07) is 7.64. The highest BCUT2D eigenvalue weighted by Gasteiger charge is 2.07. The predicted molar refractivity (Wildman–Crippen MR) is 70.9 cm³/mol. The van der Waals surface area contributed by atoms with Gasteiger partial charge in [-0.05, 0) is 19.1 Å². The van der Waals surface area contributed by atoms with Gasteiger partial charge in [0.15, 0.2) is 0 Å². The van der Waals surface area contributed by atoms with Crippen molar-refractivity contribution < 1.29 is 0 Å². The second-order valence-electron chi connectivity index (χ2n) is 3.98. The molecule has 94 valence electrons. The Morgan fingerprint density at radius 2 is 2.17 bits per heavy atom. The number of nitrogens with one attached hydrogen (secondary N) is 1. The van der Waals surface area contributed by atoms with Crippen molar-refractivity contribution in [2.75, 3.05) is 17.4 Å². The summed E-state index contributed by atoms with van der Waals surface area (Å²) in [5.41, 5.74) is 3.52. The third-order valence-electron chi connectivity index (χ3n) is 2.49. The second kappa shape index (κ2) is 5.42. The topological polar surface area (TPSA) is 80.0 Å². The van der Waals surface area contributed by atoms with Crippen LogP contribution in [0.3, 0.4) is 0 Å². The van der Waals surface area contributed by atoms with Gasteiger partial charge in [-0.25, -0.2) is 15.8 Å². The molecule has 0 spiro atoms. The zero-order chi connectivity index (χ0) is 13.0. The van der Waals surface area contributed by atoms with Gasteiger partial charge >= 0.3 is 0 Å². The van der Waals surface area contributed by atoms with E-state index < -0.39 is 0 Å². The number of hydrazine groups is 1. The quantitative estimate of drug-likeness (QED) is 0.619. The molecule has 0 saturated carbocycles. The molecule has 0 aromatic carbocycles. The lowest BCUT2D eigenvalue weighted by Gasteiger charge is -2.18. The molecule has 6 nitrogen and oxygen atoms in total. The Morgan fingerprint density at radius 3 is 2.83 bits per heavy atom. The van der Waals surface area contributed by atoms with Gasteiger partial charge in [0.05, 0.1) is 12.2 Å². The molecule has 2 aromatic rings. The molecule has 2 rings (SSSR count). The standard InChI is InChI=1S/C12H16N6/c1-9-15-11(17-13)7-12(16-9)18(2)8-10-5-3-4-6-14-10/h3-7H,8,13H2,1-2H3,(H,15,16,17). The van der Waals surface area contributed by atoms with E-state index >= 15 is 0 Å². The van der Waals surface area contributed by atoms with Crippen LogP contribution in [0, 0.1) is 6.92 Å². The molecule has 3 N–H and O–H groups in total. The lowest BCUT2D eigenvalue weighted by atomic mass is 10.3. The molecule has 0 aliphatic carbocycles. The Bertz CT molecular complexity index is 513. The summed E-state index contributed by atoms with van der Waals surface area (Å²) in [5.74, 6) is 7.45. The van der Waals surface area contributed by atoms with Crippen LogP contribution in [0.4, 0.5) is 11.6 Å². The van der Waals surface area contributed by atoms with E-state index in [0.717, 1.165) is 11.5 Å². The van der Waals surface area contributed by atoms with Crippen LogP contribution in [0.2, 0.25) is 0 Å². The first kappa shape index (κ1) is 12.3. The first-order valence-corrected chi connectivity index (χ1v) is 5.62. The third-order valence-corrected chi connectivity index (χ3v) is 2.49. The minimum absolute atomic E-state index is 0.602. The highest BCUT2D eigenvalue weighted by molar-refractivity contribution is 5.48. The molecule has 0 unspecified atom stereocenters. The minimum Gasteiger partial charge on any atom is -0.354 e. The zero-order valence-electron chi connectivity index (χ0n) is 10.5. The van der Waals surface area contributed by atoms with Crippen molar-refractivity contribution in [3.8, 4) is 0 Å². The molecule has 0 radical (unpaired) electrons. The van der Waals surface area contributed by atoms with Gasteiger partial charge in [-0.3, -0.25) is 4.98 Å². The van der Waals surface area contributed by atoms with Crippen LogP contribution in [0.25, 0.3) is 0 Å². The molecule has 0 bridgehead atoms. The van der Waals surface area contributed by atoms with Crippen molar-refractivity contribution in [3.05, 3.63) is 42.0 Å². The van der Waals surface area contributed by atoms with Crippen LogP contribution < -0.4 is 16.2 Å². The summed E-state index contributed by atoms with van der Waals surface area (Å²) >= 11 is 0. The summed E-state index contributed by atoms with van der Waals surface area (Å²) < 4.78 is 0. The van der Waals surface area contributed by atoms with Crippen LogP contribution >= 0.6 is 0 Å². The molecule has 0 fully saturated rings. The van der Waals surface area contributed by atoms with Gasteiger partial charge in [0.2, 0.25) is 0 Å². The molecule has 2 aromatic heterocycles. The van der Waals surface area contributed by atoms with Gasteiger partial charge in [-0.2, -0.15) is 0 Å². The third kappa shape index (κ3) is 2.92. The number of nitrogens with zero attached hydrogens (tertiary/aromatic N) is 4. The van der Waals surface area contributed by atoms with E-state index in [1.807, 2.05) is 37.1 Å². The van der Waals surface area contributed by atoms with Crippen molar-refractivity contribution in [1.29, 1.82) is 0 Å². The molecule has 2 heterocycles. The molecule has 0 aliphatic rings. The molecular weight excluding hydrogens is 228 g/mol. The van der Waals surface area contributed by atoms with Gasteiger partial charge in [-0.1, -0.05) is 6.07 Å². The highest BCUT2D eigenvalue weighted by Crippen LogP contribution is 2.15. The normalized spacial score (nSPS) is 10.2. The number of aryl methyl sites for hydroxylation is 1. The average Bonchev–Trinajstić information content (AvgIpc) is 2.39. The molecule has 0 atom stereocenters. The van der Waals surface area contributed by atoms with Crippen molar-refractivity contribution in [1.82, 2.24) is 15.0 Å². The predicted octanol–water partition coefficient (Wildman–Crippen LogP) is 1.10. The second-order valence-corrected chi connectivity index (χ2v) is 3.98. The molecule has 0 amide bonds. The van der Waals surface area contributed by atoms with Crippen molar-refractivity contribution in [2.24, 2.45) is 5.84 Å². The smallest absolute Gasteiger partial charge is 0.145 e. The van der Waals surface area contributed by atoms with Crippen LogP contribution in [-0.4, -0.2) is 22.0 Å². The Labute approximate surface area is 106 Å². The van der Waals surface area contributed by atoms with E-state index in [1.54, 1.807) is 12.3 Å². The zero-order valence-corrected chi connectivity index (χ0v) is 10.5. The first-order chi connectivity index (χ1) is 8.69. The van der Waals surface area contributed by atoms with Crippen molar-refractivity contribution in [2.45, 2.75) is 13.5 Å². The maximum absolute atomic E-state index is 5.37. The number of anilines is 2. The summed E-state index contributed by atoms with van der Waals surface area (Å²) in [6.07, 6.45) is 1.78. The summed E-state index contributed by atoms with van der Waals surface area (Å²) in [5, 5.41) is 0. The SMILES string of the molecule is Cc1nc(NN)cc(N(C)Cc2ccccn2)n1. The van der Waals surface area contributed by atoms with E-state index in [9.17, 15) is 0 Å². The van der Waals surface area contributed by atoms with E-state index in [1.165, 1.54) is 0 Å². The van der Waals surface area contributed by atoms with Gasteiger partial charge in [0.1, 0.15) is 17.5 Å². The largest absolute Gasteiger partial charge is 0.354 e. The summed E-state index contributed by atoms with van der Waals surface area (Å²) in [6.45, 7) is 2.51. The fourth-order valence-electron chi connectivity index (χ4n) is 1.64. The van der Waals surface area contributed by atoms with Gasteiger partial charge in [-0.15, -0.1) is 0 Å². The fourth-order valence-corrected chi connectivity index (χ4v) is 1.64. The number of hydrogen-bond donors (Lipinski definition) is 2. The van der Waals surface area contributed by atoms with Crippen molar-refractivity contribution in [3.63, 3.8) is 0 Å². The Hall–Kier alpha value is -2.21. The molecule has 0 aliphatic heterocycles. The maximum atomic E-state index is 5.37. The Balaban J connectivity index is 2.18. The van der Waals surface area contributed by atoms with Gasteiger partial charge < -0.3 is 10.3 Å². The van der Waals surface area contributed by atoms with Crippen molar-refractivity contribution >= 4 is 11.6 Å².